The van der Waals surface area contributed by atoms with Gasteiger partial charge in [0.05, 0.1) is 19.3 Å². The zero-order valence-electron chi connectivity index (χ0n) is 13.7. The summed E-state index contributed by atoms with van der Waals surface area (Å²) in [4.78, 5) is 4.50. The highest BCUT2D eigenvalue weighted by Gasteiger charge is 2.26. The van der Waals surface area contributed by atoms with Gasteiger partial charge in [-0.3, -0.25) is 4.90 Å². The topological polar surface area (TPSA) is 48.7 Å². The van der Waals surface area contributed by atoms with Crippen LogP contribution in [0.4, 0.5) is 0 Å². The van der Waals surface area contributed by atoms with Crippen LogP contribution in [0.5, 0.6) is 11.5 Å². The van der Waals surface area contributed by atoms with Gasteiger partial charge in [0.1, 0.15) is 17.5 Å². The summed E-state index contributed by atoms with van der Waals surface area (Å²) in [5.41, 5.74) is 0.928. The van der Waals surface area contributed by atoms with E-state index in [0.29, 0.717) is 13.2 Å². The van der Waals surface area contributed by atoms with Crippen molar-refractivity contribution in [3.8, 4) is 17.6 Å². The lowest BCUT2D eigenvalue weighted by Crippen LogP contribution is -2.45. The molecular weight excluding hydrogens is 278 g/mol. The van der Waals surface area contributed by atoms with Gasteiger partial charge in [0.15, 0.2) is 0 Å². The number of likely N-dealkylation sites (N-methyl/N-ethyl adjacent to an activating group) is 1. The van der Waals surface area contributed by atoms with Crippen LogP contribution in [0.1, 0.15) is 25.5 Å². The Morgan fingerprint density at radius 1 is 1.14 bits per heavy atom. The molecule has 0 bridgehead atoms. The molecular formula is C17H25N3O2. The monoisotopic (exact) mass is 303 g/mol. The van der Waals surface area contributed by atoms with Crippen LogP contribution in [0.15, 0.2) is 18.2 Å². The highest BCUT2D eigenvalue weighted by molar-refractivity contribution is 5.44. The van der Waals surface area contributed by atoms with E-state index in [9.17, 15) is 5.26 Å². The van der Waals surface area contributed by atoms with Gasteiger partial charge >= 0.3 is 0 Å². The van der Waals surface area contributed by atoms with E-state index in [0.717, 1.165) is 43.2 Å². The SMILES string of the molecule is CCOc1ccc(C(C#N)N2CCN(C)CC2)c(OCC)c1. The van der Waals surface area contributed by atoms with E-state index in [-0.39, 0.29) is 6.04 Å². The summed E-state index contributed by atoms with van der Waals surface area (Å²) >= 11 is 0. The summed E-state index contributed by atoms with van der Waals surface area (Å²) in [6.45, 7) is 8.86. The first-order valence-electron chi connectivity index (χ1n) is 7.91. The molecule has 0 N–H and O–H groups in total. The summed E-state index contributed by atoms with van der Waals surface area (Å²) in [6, 6.07) is 7.94. The molecule has 0 radical (unpaired) electrons. The zero-order chi connectivity index (χ0) is 15.9. The molecule has 1 atom stereocenters. The van der Waals surface area contributed by atoms with Crippen LogP contribution in [0, 0.1) is 11.3 Å². The normalized spacial score (nSPS) is 17.7. The molecule has 1 aliphatic heterocycles. The number of rotatable bonds is 6. The van der Waals surface area contributed by atoms with Crippen molar-refractivity contribution in [3.05, 3.63) is 23.8 Å². The summed E-state index contributed by atoms with van der Waals surface area (Å²) in [5.74, 6) is 1.53. The summed E-state index contributed by atoms with van der Waals surface area (Å²) < 4.78 is 11.3. The third kappa shape index (κ3) is 3.90. The second-order valence-corrected chi connectivity index (χ2v) is 5.44. The van der Waals surface area contributed by atoms with Crippen LogP contribution in [0.2, 0.25) is 0 Å². The second kappa shape index (κ2) is 8.02. The number of nitriles is 1. The lowest BCUT2D eigenvalue weighted by atomic mass is 10.0. The van der Waals surface area contributed by atoms with E-state index < -0.39 is 0 Å². The predicted molar refractivity (Wildman–Crippen MR) is 86.2 cm³/mol. The fourth-order valence-electron chi connectivity index (χ4n) is 2.71. The van der Waals surface area contributed by atoms with Gasteiger partial charge in [0.25, 0.3) is 0 Å². The van der Waals surface area contributed by atoms with Crippen LogP contribution in [-0.2, 0) is 0 Å². The zero-order valence-corrected chi connectivity index (χ0v) is 13.7. The first-order valence-corrected chi connectivity index (χ1v) is 7.91. The molecule has 5 nitrogen and oxygen atoms in total. The highest BCUT2D eigenvalue weighted by Crippen LogP contribution is 2.33. The molecule has 2 rings (SSSR count). The van der Waals surface area contributed by atoms with Gasteiger partial charge in [-0.1, -0.05) is 0 Å². The molecule has 0 amide bonds. The maximum Gasteiger partial charge on any atom is 0.128 e. The van der Waals surface area contributed by atoms with Crippen molar-refractivity contribution < 1.29 is 9.47 Å². The number of piperazine rings is 1. The Labute approximate surface area is 133 Å². The van der Waals surface area contributed by atoms with E-state index in [1.54, 1.807) is 0 Å². The Kier molecular flexibility index (Phi) is 6.05. The number of nitrogens with zero attached hydrogens (tertiary/aromatic N) is 3. The molecule has 1 aromatic rings. The lowest BCUT2D eigenvalue weighted by Gasteiger charge is -2.35. The average Bonchev–Trinajstić information content (AvgIpc) is 2.52. The molecule has 1 fully saturated rings. The van der Waals surface area contributed by atoms with Gasteiger partial charge in [-0.15, -0.1) is 0 Å². The first kappa shape index (κ1) is 16.6. The molecule has 0 aliphatic carbocycles. The van der Waals surface area contributed by atoms with E-state index in [1.807, 2.05) is 32.0 Å². The minimum Gasteiger partial charge on any atom is -0.494 e. The van der Waals surface area contributed by atoms with Crippen molar-refractivity contribution in [3.63, 3.8) is 0 Å². The fraction of sp³-hybridized carbons (Fsp3) is 0.588. The Bertz CT molecular complexity index is 519. The molecule has 0 saturated carbocycles. The quantitative estimate of drug-likeness (QED) is 0.807. The van der Waals surface area contributed by atoms with Gasteiger partial charge in [0.2, 0.25) is 0 Å². The molecule has 120 valence electrons. The molecule has 1 heterocycles. The van der Waals surface area contributed by atoms with Crippen molar-refractivity contribution >= 4 is 0 Å². The number of benzene rings is 1. The third-order valence-corrected chi connectivity index (χ3v) is 3.92. The van der Waals surface area contributed by atoms with Crippen LogP contribution in [0.3, 0.4) is 0 Å². The Balaban J connectivity index is 2.25. The largest absolute Gasteiger partial charge is 0.494 e. The predicted octanol–water partition coefficient (Wildman–Crippen LogP) is 2.30. The van der Waals surface area contributed by atoms with E-state index in [2.05, 4.69) is 22.9 Å². The third-order valence-electron chi connectivity index (χ3n) is 3.92. The Hall–Kier alpha value is -1.77. The van der Waals surface area contributed by atoms with E-state index in [1.165, 1.54) is 0 Å². The van der Waals surface area contributed by atoms with Crippen LogP contribution in [0.25, 0.3) is 0 Å². The minimum absolute atomic E-state index is 0.272. The molecule has 1 aliphatic rings. The maximum atomic E-state index is 9.67. The smallest absolute Gasteiger partial charge is 0.128 e. The fourth-order valence-corrected chi connectivity index (χ4v) is 2.71. The van der Waals surface area contributed by atoms with Crippen molar-refractivity contribution in [1.29, 1.82) is 5.26 Å². The number of hydrogen-bond donors (Lipinski definition) is 0. The maximum absolute atomic E-state index is 9.67. The van der Waals surface area contributed by atoms with E-state index >= 15 is 0 Å². The van der Waals surface area contributed by atoms with Gasteiger partial charge in [-0.05, 0) is 33.0 Å². The Morgan fingerprint density at radius 3 is 2.41 bits per heavy atom. The first-order chi connectivity index (χ1) is 10.7. The lowest BCUT2D eigenvalue weighted by molar-refractivity contribution is 0.131. The summed E-state index contributed by atoms with van der Waals surface area (Å²) in [6.07, 6.45) is 0. The van der Waals surface area contributed by atoms with Crippen molar-refractivity contribution in [1.82, 2.24) is 9.80 Å². The van der Waals surface area contributed by atoms with Crippen LogP contribution in [-0.4, -0.2) is 56.2 Å². The van der Waals surface area contributed by atoms with Gasteiger partial charge in [0, 0.05) is 37.8 Å². The van der Waals surface area contributed by atoms with Crippen LogP contribution < -0.4 is 9.47 Å². The molecule has 5 heteroatoms. The highest BCUT2D eigenvalue weighted by atomic mass is 16.5. The average molecular weight is 303 g/mol. The standard InChI is InChI=1S/C17H25N3O2/c1-4-21-14-6-7-15(17(12-14)22-5-2)16(13-18)20-10-8-19(3)9-11-20/h6-7,12,16H,4-5,8-11H2,1-3H3. The molecule has 22 heavy (non-hydrogen) atoms. The number of hydrogen-bond acceptors (Lipinski definition) is 5. The summed E-state index contributed by atoms with van der Waals surface area (Å²) in [7, 11) is 2.11. The molecule has 0 spiro atoms. The van der Waals surface area contributed by atoms with Crippen molar-refractivity contribution in [2.45, 2.75) is 19.9 Å². The van der Waals surface area contributed by atoms with Crippen molar-refractivity contribution in [2.75, 3.05) is 46.4 Å². The van der Waals surface area contributed by atoms with Crippen molar-refractivity contribution in [2.24, 2.45) is 0 Å². The van der Waals surface area contributed by atoms with Gasteiger partial charge in [-0.25, -0.2) is 0 Å². The molecule has 1 unspecified atom stereocenters. The van der Waals surface area contributed by atoms with E-state index in [4.69, 9.17) is 9.47 Å². The van der Waals surface area contributed by atoms with Gasteiger partial charge in [-0.2, -0.15) is 5.26 Å². The molecule has 1 aromatic carbocycles. The Morgan fingerprint density at radius 2 is 1.82 bits per heavy atom. The van der Waals surface area contributed by atoms with Crippen LogP contribution >= 0.6 is 0 Å². The number of ether oxygens (including phenoxy) is 2. The second-order valence-electron chi connectivity index (χ2n) is 5.44. The minimum atomic E-state index is -0.272. The summed E-state index contributed by atoms with van der Waals surface area (Å²) in [5, 5.41) is 9.67. The molecule has 1 saturated heterocycles. The van der Waals surface area contributed by atoms with Gasteiger partial charge < -0.3 is 14.4 Å². The molecule has 0 aromatic heterocycles.